The normalized spacial score (nSPS) is 10.8. The first-order valence-corrected chi connectivity index (χ1v) is 7.31. The van der Waals surface area contributed by atoms with Crippen LogP contribution < -0.4 is 5.32 Å². The molecule has 5 heteroatoms. The molecule has 106 valence electrons. The molecule has 21 heavy (non-hydrogen) atoms. The molecule has 0 aliphatic heterocycles. The van der Waals surface area contributed by atoms with Gasteiger partial charge >= 0.3 is 0 Å². The Balaban J connectivity index is 1.83. The number of benzene rings is 1. The Labute approximate surface area is 130 Å². The summed E-state index contributed by atoms with van der Waals surface area (Å²) in [5.74, 6) is 0.0520. The van der Waals surface area contributed by atoms with Crippen molar-refractivity contribution in [1.82, 2.24) is 10.3 Å². The molecule has 1 aromatic carbocycles. The molecule has 0 aliphatic rings. The predicted octanol–water partition coefficient (Wildman–Crippen LogP) is 3.83. The SMILES string of the molecule is Cc1cc(CNC(=O)c2ccc(Br)o2)c2ccccc2n1. The van der Waals surface area contributed by atoms with Crippen molar-refractivity contribution in [3.05, 3.63) is 64.2 Å². The highest BCUT2D eigenvalue weighted by Crippen LogP contribution is 2.18. The van der Waals surface area contributed by atoms with E-state index in [0.29, 0.717) is 11.2 Å². The van der Waals surface area contributed by atoms with E-state index in [1.807, 2.05) is 37.3 Å². The van der Waals surface area contributed by atoms with Crippen molar-refractivity contribution in [2.24, 2.45) is 0 Å². The highest BCUT2D eigenvalue weighted by atomic mass is 79.9. The van der Waals surface area contributed by atoms with Crippen LogP contribution in [0.15, 0.2) is 51.6 Å². The average molecular weight is 345 g/mol. The minimum absolute atomic E-state index is 0.237. The number of nitrogens with zero attached hydrogens (tertiary/aromatic N) is 1. The van der Waals surface area contributed by atoms with Crippen LogP contribution in [0, 0.1) is 6.92 Å². The van der Waals surface area contributed by atoms with Crippen molar-refractivity contribution >= 4 is 32.7 Å². The maximum absolute atomic E-state index is 12.0. The van der Waals surface area contributed by atoms with Gasteiger partial charge in [0.15, 0.2) is 10.4 Å². The zero-order chi connectivity index (χ0) is 14.8. The quantitative estimate of drug-likeness (QED) is 0.785. The maximum atomic E-state index is 12.0. The molecule has 2 aromatic heterocycles. The number of carbonyl (C=O) groups is 1. The molecule has 3 aromatic rings. The standard InChI is InChI=1S/C16H13BrN2O2/c1-10-8-11(12-4-2-3-5-13(12)19-10)9-18-16(20)14-6-7-15(17)21-14/h2-8H,9H2,1H3,(H,18,20). The van der Waals surface area contributed by atoms with E-state index in [4.69, 9.17) is 4.42 Å². The number of furan rings is 1. The molecule has 0 unspecified atom stereocenters. The molecule has 0 radical (unpaired) electrons. The van der Waals surface area contributed by atoms with Gasteiger partial charge in [-0.3, -0.25) is 9.78 Å². The van der Waals surface area contributed by atoms with Crippen molar-refractivity contribution in [2.45, 2.75) is 13.5 Å². The van der Waals surface area contributed by atoms with E-state index in [1.165, 1.54) is 0 Å². The molecule has 0 bridgehead atoms. The van der Waals surface area contributed by atoms with Crippen molar-refractivity contribution in [1.29, 1.82) is 0 Å². The summed E-state index contributed by atoms with van der Waals surface area (Å²) in [5, 5.41) is 3.91. The van der Waals surface area contributed by atoms with E-state index in [0.717, 1.165) is 22.2 Å². The number of rotatable bonds is 3. The average Bonchev–Trinajstić information content (AvgIpc) is 2.91. The van der Waals surface area contributed by atoms with Crippen LogP contribution in [-0.2, 0) is 6.54 Å². The first-order chi connectivity index (χ1) is 10.1. The maximum Gasteiger partial charge on any atom is 0.287 e. The van der Waals surface area contributed by atoms with E-state index >= 15 is 0 Å². The van der Waals surface area contributed by atoms with Gasteiger partial charge in [0.1, 0.15) is 0 Å². The molecule has 0 saturated heterocycles. The van der Waals surface area contributed by atoms with Crippen molar-refractivity contribution in [3.63, 3.8) is 0 Å². The van der Waals surface area contributed by atoms with Crippen LogP contribution in [0.2, 0.25) is 0 Å². The van der Waals surface area contributed by atoms with Gasteiger partial charge in [0.2, 0.25) is 0 Å². The fourth-order valence-electron chi connectivity index (χ4n) is 2.24. The molecule has 1 amide bonds. The zero-order valence-corrected chi connectivity index (χ0v) is 13.0. The lowest BCUT2D eigenvalue weighted by Gasteiger charge is -2.08. The van der Waals surface area contributed by atoms with Gasteiger partial charge in [-0.1, -0.05) is 18.2 Å². The summed E-state index contributed by atoms with van der Waals surface area (Å²) in [6, 6.07) is 13.2. The predicted molar refractivity (Wildman–Crippen MR) is 84.1 cm³/mol. The number of carbonyl (C=O) groups excluding carboxylic acids is 1. The molecule has 0 saturated carbocycles. The van der Waals surface area contributed by atoms with Gasteiger partial charge in [-0.2, -0.15) is 0 Å². The Hall–Kier alpha value is -2.14. The highest BCUT2D eigenvalue weighted by Gasteiger charge is 2.11. The van der Waals surface area contributed by atoms with Gasteiger partial charge < -0.3 is 9.73 Å². The molecule has 0 aliphatic carbocycles. The first kappa shape index (κ1) is 13.8. The molecule has 0 fully saturated rings. The number of nitrogens with one attached hydrogen (secondary N) is 1. The molecule has 2 heterocycles. The lowest BCUT2D eigenvalue weighted by atomic mass is 10.1. The van der Waals surface area contributed by atoms with Crippen LogP contribution >= 0.6 is 15.9 Å². The third kappa shape index (κ3) is 2.97. The second-order valence-corrected chi connectivity index (χ2v) is 5.51. The number of hydrogen-bond donors (Lipinski definition) is 1. The summed E-state index contributed by atoms with van der Waals surface area (Å²) in [4.78, 5) is 16.5. The van der Waals surface area contributed by atoms with Gasteiger partial charge in [0.05, 0.1) is 5.52 Å². The number of amides is 1. The van der Waals surface area contributed by atoms with Gasteiger partial charge in [0.25, 0.3) is 5.91 Å². The van der Waals surface area contributed by atoms with Gasteiger partial charge in [0, 0.05) is 17.6 Å². The van der Waals surface area contributed by atoms with Crippen LogP contribution in [0.4, 0.5) is 0 Å². The van der Waals surface area contributed by atoms with Crippen LogP contribution in [0.1, 0.15) is 21.8 Å². The minimum Gasteiger partial charge on any atom is -0.444 e. The van der Waals surface area contributed by atoms with Crippen LogP contribution in [0.25, 0.3) is 10.9 Å². The van der Waals surface area contributed by atoms with E-state index in [9.17, 15) is 4.79 Å². The summed E-state index contributed by atoms with van der Waals surface area (Å²) < 4.78 is 5.78. The molecule has 3 rings (SSSR count). The monoisotopic (exact) mass is 344 g/mol. The third-order valence-electron chi connectivity index (χ3n) is 3.17. The van der Waals surface area contributed by atoms with Crippen LogP contribution in [0.5, 0.6) is 0 Å². The number of halogens is 1. The summed E-state index contributed by atoms with van der Waals surface area (Å²) in [5.41, 5.74) is 2.90. The third-order valence-corrected chi connectivity index (χ3v) is 3.59. The summed E-state index contributed by atoms with van der Waals surface area (Å²) >= 11 is 3.18. The number of fused-ring (bicyclic) bond motifs is 1. The smallest absolute Gasteiger partial charge is 0.287 e. The van der Waals surface area contributed by atoms with E-state index in [2.05, 4.69) is 26.2 Å². The molecule has 4 nitrogen and oxygen atoms in total. The molecule has 0 atom stereocenters. The zero-order valence-electron chi connectivity index (χ0n) is 11.4. The molecule has 0 spiro atoms. The summed E-state index contributed by atoms with van der Waals surface area (Å²) in [7, 11) is 0. The number of aryl methyl sites for hydroxylation is 1. The Kier molecular flexibility index (Phi) is 3.75. The lowest BCUT2D eigenvalue weighted by molar-refractivity contribution is 0.0922. The summed E-state index contributed by atoms with van der Waals surface area (Å²) in [6.45, 7) is 2.38. The highest BCUT2D eigenvalue weighted by molar-refractivity contribution is 9.10. The van der Waals surface area contributed by atoms with Crippen molar-refractivity contribution in [3.8, 4) is 0 Å². The Morgan fingerprint density at radius 1 is 1.29 bits per heavy atom. The first-order valence-electron chi connectivity index (χ1n) is 6.52. The van der Waals surface area contributed by atoms with Crippen LogP contribution in [-0.4, -0.2) is 10.9 Å². The Bertz CT molecular complexity index is 811. The number of para-hydroxylation sites is 1. The molecular formula is C16H13BrN2O2. The largest absolute Gasteiger partial charge is 0.444 e. The van der Waals surface area contributed by atoms with Gasteiger partial charge in [-0.05, 0) is 52.7 Å². The lowest BCUT2D eigenvalue weighted by Crippen LogP contribution is -2.22. The minimum atomic E-state index is -0.237. The Morgan fingerprint density at radius 3 is 2.86 bits per heavy atom. The second kappa shape index (κ2) is 5.69. The number of hydrogen-bond acceptors (Lipinski definition) is 3. The second-order valence-electron chi connectivity index (χ2n) is 4.73. The van der Waals surface area contributed by atoms with Crippen molar-refractivity contribution in [2.75, 3.05) is 0 Å². The molecule has 1 N–H and O–H groups in total. The fraction of sp³-hybridized carbons (Fsp3) is 0.125. The van der Waals surface area contributed by atoms with E-state index in [1.54, 1.807) is 12.1 Å². The topological polar surface area (TPSA) is 55.1 Å². The Morgan fingerprint density at radius 2 is 2.10 bits per heavy atom. The van der Waals surface area contributed by atoms with E-state index < -0.39 is 0 Å². The number of aromatic nitrogens is 1. The van der Waals surface area contributed by atoms with Gasteiger partial charge in [-0.25, -0.2) is 0 Å². The molecular weight excluding hydrogens is 332 g/mol. The number of pyridine rings is 1. The van der Waals surface area contributed by atoms with Gasteiger partial charge in [-0.15, -0.1) is 0 Å². The summed E-state index contributed by atoms with van der Waals surface area (Å²) in [6.07, 6.45) is 0. The van der Waals surface area contributed by atoms with Crippen molar-refractivity contribution < 1.29 is 9.21 Å². The van der Waals surface area contributed by atoms with Crippen LogP contribution in [0.3, 0.4) is 0 Å². The fourth-order valence-corrected chi connectivity index (χ4v) is 2.55. The van der Waals surface area contributed by atoms with E-state index in [-0.39, 0.29) is 11.7 Å².